The lowest BCUT2D eigenvalue weighted by Gasteiger charge is -2.23. The second-order valence-corrected chi connectivity index (χ2v) is 8.16. The van der Waals surface area contributed by atoms with Gasteiger partial charge in [0.05, 0.1) is 5.88 Å². The number of thioether (sulfide) groups is 1. The highest BCUT2D eigenvalue weighted by molar-refractivity contribution is 7.99. The maximum absolute atomic E-state index is 12.6. The largest absolute Gasteiger partial charge is 0.484 e. The normalized spacial score (nSPS) is 18.0. The molecular weight excluding hydrogens is 372 g/mol. The van der Waals surface area contributed by atoms with Crippen LogP contribution in [0, 0.1) is 0 Å². The smallest absolute Gasteiger partial charge is 0.261 e. The van der Waals surface area contributed by atoms with E-state index in [-0.39, 0.29) is 18.4 Å². The van der Waals surface area contributed by atoms with E-state index in [0.29, 0.717) is 18.2 Å². The lowest BCUT2D eigenvalue weighted by Crippen LogP contribution is -2.48. The number of fused-ring (bicyclic) bond motifs is 1. The van der Waals surface area contributed by atoms with Crippen LogP contribution in [0.1, 0.15) is 23.1 Å². The first kappa shape index (κ1) is 18.9. The van der Waals surface area contributed by atoms with Gasteiger partial charge in [-0.1, -0.05) is 36.4 Å². The summed E-state index contributed by atoms with van der Waals surface area (Å²) in [5.74, 6) is 1.61. The van der Waals surface area contributed by atoms with Crippen LogP contribution in [0.15, 0.2) is 48.5 Å². The minimum atomic E-state index is -0.440. The molecule has 0 aromatic heterocycles. The Morgan fingerprint density at radius 1 is 1.11 bits per heavy atom. The summed E-state index contributed by atoms with van der Waals surface area (Å²) in [6.07, 6.45) is 3.38. The summed E-state index contributed by atoms with van der Waals surface area (Å²) in [4.78, 5) is 26.8. The summed E-state index contributed by atoms with van der Waals surface area (Å²) in [6, 6.07) is 15.4. The molecule has 0 radical (unpaired) electrons. The molecule has 2 aromatic rings. The summed E-state index contributed by atoms with van der Waals surface area (Å²) >= 11 is 1.60. The predicted molar refractivity (Wildman–Crippen MR) is 110 cm³/mol. The van der Waals surface area contributed by atoms with Gasteiger partial charge < -0.3 is 15.0 Å². The number of benzene rings is 2. The SMILES string of the molecule is O=C(NCc1ccccc1)[C@H]1CSCN1C(=O)COc1ccc2c(c1)CCC2. The van der Waals surface area contributed by atoms with Gasteiger partial charge in [-0.3, -0.25) is 9.59 Å². The number of ether oxygens (including phenoxy) is 1. The van der Waals surface area contributed by atoms with Gasteiger partial charge in [0.25, 0.3) is 5.91 Å². The lowest BCUT2D eigenvalue weighted by atomic mass is 10.1. The number of carbonyl (C=O) groups is 2. The highest BCUT2D eigenvalue weighted by atomic mass is 32.2. The Morgan fingerprint density at radius 3 is 2.79 bits per heavy atom. The molecule has 0 spiro atoms. The van der Waals surface area contributed by atoms with E-state index < -0.39 is 6.04 Å². The van der Waals surface area contributed by atoms with Crippen LogP contribution < -0.4 is 10.1 Å². The van der Waals surface area contributed by atoms with Gasteiger partial charge in [0.15, 0.2) is 6.61 Å². The number of nitrogens with one attached hydrogen (secondary N) is 1. The summed E-state index contributed by atoms with van der Waals surface area (Å²) in [5.41, 5.74) is 3.74. The van der Waals surface area contributed by atoms with Crippen LogP contribution in [0.3, 0.4) is 0 Å². The van der Waals surface area contributed by atoms with Gasteiger partial charge in [-0.25, -0.2) is 0 Å². The van der Waals surface area contributed by atoms with Gasteiger partial charge in [-0.15, -0.1) is 11.8 Å². The maximum atomic E-state index is 12.6. The molecule has 1 atom stereocenters. The standard InChI is InChI=1S/C22H24N2O3S/c25-21(13-27-19-10-9-17-7-4-8-18(17)11-19)24-15-28-14-20(24)22(26)23-12-16-5-2-1-3-6-16/h1-3,5-6,9-11,20H,4,7-8,12-15H2,(H,23,26)/t20-/m1/s1. The third-order valence-electron chi connectivity index (χ3n) is 5.25. The van der Waals surface area contributed by atoms with E-state index in [1.165, 1.54) is 17.5 Å². The summed E-state index contributed by atoms with van der Waals surface area (Å²) < 4.78 is 5.73. The zero-order valence-corrected chi connectivity index (χ0v) is 16.5. The molecule has 2 aromatic carbocycles. The minimum absolute atomic E-state index is 0.0399. The topological polar surface area (TPSA) is 58.6 Å². The molecule has 2 amide bonds. The molecule has 146 valence electrons. The third-order valence-corrected chi connectivity index (χ3v) is 6.26. The number of rotatable bonds is 6. The number of hydrogen-bond acceptors (Lipinski definition) is 4. The lowest BCUT2D eigenvalue weighted by molar-refractivity contribution is -0.139. The monoisotopic (exact) mass is 396 g/mol. The van der Waals surface area contributed by atoms with E-state index in [1.54, 1.807) is 16.7 Å². The van der Waals surface area contributed by atoms with Crippen molar-refractivity contribution in [1.82, 2.24) is 10.2 Å². The average molecular weight is 397 g/mol. The zero-order chi connectivity index (χ0) is 19.3. The van der Waals surface area contributed by atoms with Crippen molar-refractivity contribution in [2.24, 2.45) is 0 Å². The Bertz CT molecular complexity index is 856. The Hall–Kier alpha value is -2.47. The van der Waals surface area contributed by atoms with Gasteiger partial charge >= 0.3 is 0 Å². The Labute approximate surface area is 169 Å². The molecule has 1 aliphatic heterocycles. The van der Waals surface area contributed by atoms with Gasteiger partial charge in [0.1, 0.15) is 11.8 Å². The number of amides is 2. The average Bonchev–Trinajstić information content (AvgIpc) is 3.40. The Balaban J connectivity index is 1.31. The highest BCUT2D eigenvalue weighted by Crippen LogP contribution is 2.26. The minimum Gasteiger partial charge on any atom is -0.484 e. The molecule has 1 fully saturated rings. The molecule has 4 rings (SSSR count). The third kappa shape index (κ3) is 4.33. The molecule has 6 heteroatoms. The van der Waals surface area contributed by atoms with Crippen molar-refractivity contribution in [2.75, 3.05) is 18.2 Å². The summed E-state index contributed by atoms with van der Waals surface area (Å²) in [7, 11) is 0. The molecule has 0 unspecified atom stereocenters. The summed E-state index contributed by atoms with van der Waals surface area (Å²) in [6.45, 7) is 0.427. The number of hydrogen-bond donors (Lipinski definition) is 1. The van der Waals surface area contributed by atoms with Crippen molar-refractivity contribution in [1.29, 1.82) is 0 Å². The van der Waals surface area contributed by atoms with E-state index in [2.05, 4.69) is 11.4 Å². The van der Waals surface area contributed by atoms with E-state index in [1.807, 2.05) is 42.5 Å². The number of nitrogens with zero attached hydrogens (tertiary/aromatic N) is 1. The fourth-order valence-electron chi connectivity index (χ4n) is 3.67. The van der Waals surface area contributed by atoms with Crippen LogP contribution in [0.5, 0.6) is 5.75 Å². The molecule has 0 bridgehead atoms. The van der Waals surface area contributed by atoms with Crippen LogP contribution in [0.4, 0.5) is 0 Å². The fraction of sp³-hybridized carbons (Fsp3) is 0.364. The first-order valence-corrected chi connectivity index (χ1v) is 10.8. The Kier molecular flexibility index (Phi) is 5.86. The van der Waals surface area contributed by atoms with Crippen molar-refractivity contribution in [3.05, 3.63) is 65.2 Å². The molecule has 1 aliphatic carbocycles. The van der Waals surface area contributed by atoms with Gasteiger partial charge in [0.2, 0.25) is 5.91 Å². The molecule has 1 N–H and O–H groups in total. The molecular formula is C22H24N2O3S. The fourth-order valence-corrected chi connectivity index (χ4v) is 4.86. The van der Waals surface area contributed by atoms with Gasteiger partial charge in [-0.05, 0) is 48.1 Å². The van der Waals surface area contributed by atoms with Crippen LogP contribution >= 0.6 is 11.8 Å². The van der Waals surface area contributed by atoms with E-state index in [9.17, 15) is 9.59 Å². The molecule has 1 saturated heterocycles. The van der Waals surface area contributed by atoms with Crippen molar-refractivity contribution < 1.29 is 14.3 Å². The molecule has 5 nitrogen and oxygen atoms in total. The van der Waals surface area contributed by atoms with E-state index in [0.717, 1.165) is 24.2 Å². The number of carbonyl (C=O) groups excluding carboxylic acids is 2. The Morgan fingerprint density at radius 2 is 1.93 bits per heavy atom. The molecule has 28 heavy (non-hydrogen) atoms. The van der Waals surface area contributed by atoms with Crippen molar-refractivity contribution in [2.45, 2.75) is 31.8 Å². The van der Waals surface area contributed by atoms with Crippen molar-refractivity contribution in [3.63, 3.8) is 0 Å². The maximum Gasteiger partial charge on any atom is 0.261 e. The predicted octanol–water partition coefficient (Wildman–Crippen LogP) is 2.77. The van der Waals surface area contributed by atoms with Crippen molar-refractivity contribution >= 4 is 23.6 Å². The number of aryl methyl sites for hydroxylation is 2. The quantitative estimate of drug-likeness (QED) is 0.816. The van der Waals surface area contributed by atoms with E-state index >= 15 is 0 Å². The first-order chi connectivity index (χ1) is 13.7. The molecule has 1 heterocycles. The van der Waals surface area contributed by atoms with E-state index in [4.69, 9.17) is 4.74 Å². The van der Waals surface area contributed by atoms with Crippen LogP contribution in [0.2, 0.25) is 0 Å². The zero-order valence-electron chi connectivity index (χ0n) is 15.7. The molecule has 0 saturated carbocycles. The summed E-state index contributed by atoms with van der Waals surface area (Å²) in [5, 5.41) is 2.94. The van der Waals surface area contributed by atoms with Gasteiger partial charge in [0, 0.05) is 12.3 Å². The van der Waals surface area contributed by atoms with Crippen LogP contribution in [-0.4, -0.2) is 41.0 Å². The van der Waals surface area contributed by atoms with Gasteiger partial charge in [-0.2, -0.15) is 0 Å². The highest BCUT2D eigenvalue weighted by Gasteiger charge is 2.34. The van der Waals surface area contributed by atoms with Crippen molar-refractivity contribution in [3.8, 4) is 5.75 Å². The second-order valence-electron chi connectivity index (χ2n) is 7.16. The van der Waals surface area contributed by atoms with Crippen LogP contribution in [-0.2, 0) is 29.0 Å². The van der Waals surface area contributed by atoms with Crippen LogP contribution in [0.25, 0.3) is 0 Å². The molecule has 2 aliphatic rings. The second kappa shape index (κ2) is 8.69. The first-order valence-electron chi connectivity index (χ1n) is 9.64.